The van der Waals surface area contributed by atoms with Crippen molar-refractivity contribution in [2.75, 3.05) is 31.6 Å². The molecular weight excluding hydrogens is 710 g/mol. The van der Waals surface area contributed by atoms with E-state index in [1.807, 2.05) is 0 Å². The van der Waals surface area contributed by atoms with E-state index in [0.717, 1.165) is 25.9 Å². The number of methoxy groups -OCH3 is 1. The molecule has 4 aromatic rings. The van der Waals surface area contributed by atoms with Crippen molar-refractivity contribution in [3.05, 3.63) is 117 Å². The van der Waals surface area contributed by atoms with E-state index in [4.69, 9.17) is 37.4 Å². The molecule has 51 heavy (non-hydrogen) atoms. The molecule has 3 fully saturated rings. The van der Waals surface area contributed by atoms with Gasteiger partial charge in [-0.15, -0.1) is 0 Å². The highest BCUT2D eigenvalue weighted by Gasteiger charge is 2.38. The van der Waals surface area contributed by atoms with Gasteiger partial charge in [0.2, 0.25) is 0 Å². The van der Waals surface area contributed by atoms with Crippen molar-refractivity contribution in [2.24, 2.45) is 5.92 Å². The summed E-state index contributed by atoms with van der Waals surface area (Å²) < 4.78 is 62.9. The van der Waals surface area contributed by atoms with Crippen LogP contribution >= 0.6 is 23.2 Å². The van der Waals surface area contributed by atoms with E-state index < -0.39 is 30.6 Å². The molecule has 3 aromatic carbocycles. The van der Waals surface area contributed by atoms with Gasteiger partial charge < -0.3 is 18.9 Å². The average Bonchev–Trinajstić information content (AvgIpc) is 3.12. The van der Waals surface area contributed by atoms with Gasteiger partial charge in [0.15, 0.2) is 11.5 Å². The highest BCUT2D eigenvalue weighted by Crippen LogP contribution is 2.37. The lowest BCUT2D eigenvalue weighted by Gasteiger charge is -2.44. The maximum atomic E-state index is 15.1. The molecule has 3 saturated heterocycles. The molecule has 3 aliphatic rings. The maximum Gasteiger partial charge on any atom is 0.415 e. The van der Waals surface area contributed by atoms with Crippen LogP contribution in [0.2, 0.25) is 10.0 Å². The van der Waals surface area contributed by atoms with Crippen LogP contribution in [0.5, 0.6) is 11.5 Å². The molecule has 1 aromatic heterocycles. The summed E-state index contributed by atoms with van der Waals surface area (Å²) in [7, 11) is 1.29. The summed E-state index contributed by atoms with van der Waals surface area (Å²) in [6, 6.07) is 16.5. The van der Waals surface area contributed by atoms with Crippen LogP contribution < -0.4 is 14.4 Å². The first-order valence-corrected chi connectivity index (χ1v) is 17.0. The third kappa shape index (κ3) is 8.69. The SMILES string of the molecule is COc1cc([C@H](Cc2c(Cl)cncc2Cl)OC(=O)c2cccc(CN(C(=O)O[C@H]3CN4CCC3CC4)c3ccccc3F)c2)ccc1OC(F)F. The minimum Gasteiger partial charge on any atom is -0.493 e. The van der Waals surface area contributed by atoms with Crippen LogP contribution in [0.15, 0.2) is 79.1 Å². The summed E-state index contributed by atoms with van der Waals surface area (Å²) in [4.78, 5) is 34.9. The standard InChI is InChI=1S/C37H34Cl2F3N3O6/c1-48-33-16-24(9-10-31(33)50-36(41)42)32(17-26-27(38)18-43-19-28(26)39)49-35(46)25-6-4-5-22(15-25)20-45(30-8-3-2-7-29(30)40)37(47)51-34-21-44-13-11-23(34)12-14-44/h2-10,15-16,18-19,23,32,34,36H,11-14,17,20-21H2,1H3/t32-,34-/m0/s1. The smallest absolute Gasteiger partial charge is 0.415 e. The Bertz CT molecular complexity index is 1860. The number of anilines is 1. The van der Waals surface area contributed by atoms with Crippen LogP contribution in [0.3, 0.4) is 0 Å². The fourth-order valence-corrected chi connectivity index (χ4v) is 6.98. The largest absolute Gasteiger partial charge is 0.493 e. The van der Waals surface area contributed by atoms with Gasteiger partial charge in [-0.2, -0.15) is 8.78 Å². The van der Waals surface area contributed by atoms with Crippen molar-refractivity contribution >= 4 is 41.0 Å². The molecule has 0 unspecified atom stereocenters. The van der Waals surface area contributed by atoms with Gasteiger partial charge in [0.05, 0.1) is 35.0 Å². The summed E-state index contributed by atoms with van der Waals surface area (Å²) in [6.45, 7) is -0.622. The summed E-state index contributed by atoms with van der Waals surface area (Å²) >= 11 is 12.8. The normalized spacial score (nSPS) is 18.6. The zero-order valence-corrected chi connectivity index (χ0v) is 29.0. The first kappa shape index (κ1) is 36.3. The van der Waals surface area contributed by atoms with Gasteiger partial charge in [-0.3, -0.25) is 14.8 Å². The third-order valence-electron chi connectivity index (χ3n) is 9.08. The molecular formula is C37H34Cl2F3N3O6. The molecule has 0 radical (unpaired) electrons. The zero-order chi connectivity index (χ0) is 36.1. The number of alkyl halides is 2. The Hall–Kier alpha value is -4.52. The summed E-state index contributed by atoms with van der Waals surface area (Å²) in [5, 5.41) is 0.460. The number of fused-ring (bicyclic) bond motifs is 3. The van der Waals surface area contributed by atoms with E-state index in [1.165, 1.54) is 66.9 Å². The molecule has 0 spiro atoms. The van der Waals surface area contributed by atoms with Crippen LogP contribution in [0, 0.1) is 11.7 Å². The Labute approximate surface area is 302 Å². The lowest BCUT2D eigenvalue weighted by Crippen LogP contribution is -2.53. The third-order valence-corrected chi connectivity index (χ3v) is 9.73. The highest BCUT2D eigenvalue weighted by molar-refractivity contribution is 6.35. The molecule has 0 saturated carbocycles. The number of ether oxygens (including phenoxy) is 4. The van der Waals surface area contributed by atoms with E-state index in [0.29, 0.717) is 23.2 Å². The lowest BCUT2D eigenvalue weighted by molar-refractivity contribution is -0.0512. The van der Waals surface area contributed by atoms with Gasteiger partial charge in [-0.1, -0.05) is 53.5 Å². The van der Waals surface area contributed by atoms with Crippen molar-refractivity contribution < 1.29 is 41.7 Å². The number of benzene rings is 3. The molecule has 2 atom stereocenters. The van der Waals surface area contributed by atoms with Gasteiger partial charge in [0.1, 0.15) is 18.0 Å². The average molecular weight is 745 g/mol. The topological polar surface area (TPSA) is 90.4 Å². The molecule has 9 nitrogen and oxygen atoms in total. The summed E-state index contributed by atoms with van der Waals surface area (Å²) in [5.74, 6) is -1.32. The van der Waals surface area contributed by atoms with Gasteiger partial charge in [-0.05, 0) is 84.9 Å². The van der Waals surface area contributed by atoms with Crippen molar-refractivity contribution in [2.45, 2.75) is 44.6 Å². The number of hydrogen-bond donors (Lipinski definition) is 0. The van der Waals surface area contributed by atoms with Crippen molar-refractivity contribution in [1.29, 1.82) is 0 Å². The van der Waals surface area contributed by atoms with E-state index in [9.17, 15) is 18.4 Å². The van der Waals surface area contributed by atoms with E-state index in [-0.39, 0.29) is 57.8 Å². The maximum absolute atomic E-state index is 15.1. The van der Waals surface area contributed by atoms with Crippen molar-refractivity contribution in [1.82, 2.24) is 9.88 Å². The molecule has 2 bridgehead atoms. The lowest BCUT2D eigenvalue weighted by atomic mass is 9.86. The minimum atomic E-state index is -3.09. The zero-order valence-electron chi connectivity index (χ0n) is 27.4. The number of amides is 1. The number of carbonyl (C=O) groups is 2. The number of aromatic nitrogens is 1. The number of para-hydroxylation sites is 1. The molecule has 4 heterocycles. The number of esters is 1. The van der Waals surface area contributed by atoms with Gasteiger partial charge in [0, 0.05) is 25.4 Å². The van der Waals surface area contributed by atoms with Gasteiger partial charge >= 0.3 is 18.7 Å². The van der Waals surface area contributed by atoms with E-state index in [1.54, 1.807) is 24.3 Å². The van der Waals surface area contributed by atoms with Crippen LogP contribution in [0.25, 0.3) is 0 Å². The molecule has 3 aliphatic heterocycles. The number of halogens is 5. The highest BCUT2D eigenvalue weighted by atomic mass is 35.5. The molecule has 0 N–H and O–H groups in total. The predicted octanol–water partition coefficient (Wildman–Crippen LogP) is 8.52. The van der Waals surface area contributed by atoms with Crippen molar-refractivity contribution in [3.63, 3.8) is 0 Å². The van der Waals surface area contributed by atoms with E-state index in [2.05, 4.69) is 14.6 Å². The van der Waals surface area contributed by atoms with Crippen LogP contribution in [-0.4, -0.2) is 61.4 Å². The van der Waals surface area contributed by atoms with Crippen LogP contribution in [0.1, 0.15) is 46.0 Å². The van der Waals surface area contributed by atoms with Crippen molar-refractivity contribution in [3.8, 4) is 11.5 Å². The molecule has 0 aliphatic carbocycles. The number of carbonyl (C=O) groups excluding carboxylic acids is 2. The van der Waals surface area contributed by atoms with E-state index >= 15 is 4.39 Å². The second kappa shape index (κ2) is 16.2. The molecule has 14 heteroatoms. The van der Waals surface area contributed by atoms with Gasteiger partial charge in [0.25, 0.3) is 0 Å². The monoisotopic (exact) mass is 743 g/mol. The molecule has 268 valence electrons. The Morgan fingerprint density at radius 3 is 2.39 bits per heavy atom. The van der Waals surface area contributed by atoms with Crippen LogP contribution in [0.4, 0.5) is 23.7 Å². The minimum absolute atomic E-state index is 0.00366. The Balaban J connectivity index is 1.26. The molecule has 7 rings (SSSR count). The second-order valence-corrected chi connectivity index (χ2v) is 13.1. The fourth-order valence-electron chi connectivity index (χ4n) is 6.46. The summed E-state index contributed by atoms with van der Waals surface area (Å²) in [5.41, 5.74) is 1.49. The number of pyridine rings is 1. The predicted molar refractivity (Wildman–Crippen MR) is 184 cm³/mol. The first-order chi connectivity index (χ1) is 24.6. The quantitative estimate of drug-likeness (QED) is 0.134. The summed E-state index contributed by atoms with van der Waals surface area (Å²) in [6.07, 6.45) is 2.64. The Morgan fingerprint density at radius 2 is 1.73 bits per heavy atom. The van der Waals surface area contributed by atoms with Gasteiger partial charge in [-0.25, -0.2) is 14.0 Å². The second-order valence-electron chi connectivity index (χ2n) is 12.3. The Kier molecular flexibility index (Phi) is 11.5. The first-order valence-electron chi connectivity index (χ1n) is 16.2. The number of piperidine rings is 3. The van der Waals surface area contributed by atoms with Crippen LogP contribution in [-0.2, 0) is 22.4 Å². The number of hydrogen-bond acceptors (Lipinski definition) is 8. The fraction of sp³-hybridized carbons (Fsp3) is 0.324. The number of nitrogens with zero attached hydrogens (tertiary/aromatic N) is 3. The number of rotatable bonds is 12. The molecule has 1 amide bonds. The Morgan fingerprint density at radius 1 is 0.980 bits per heavy atom.